The first-order chi connectivity index (χ1) is 9.93. The van der Waals surface area contributed by atoms with Crippen molar-refractivity contribution in [1.82, 2.24) is 14.5 Å². The summed E-state index contributed by atoms with van der Waals surface area (Å²) in [6.07, 6.45) is 0. The molecular weight excluding hydrogens is 294 g/mol. The third kappa shape index (κ3) is 3.15. The van der Waals surface area contributed by atoms with Gasteiger partial charge in [-0.2, -0.15) is 0 Å². The summed E-state index contributed by atoms with van der Waals surface area (Å²) in [5.74, 6) is -1.53. The lowest BCUT2D eigenvalue weighted by Gasteiger charge is -2.14. The van der Waals surface area contributed by atoms with Crippen molar-refractivity contribution in [3.8, 4) is 0 Å². The number of methoxy groups -OCH3 is 1. The maximum Gasteiger partial charge on any atom is 0.328 e. The molecule has 0 saturated carbocycles. The maximum absolute atomic E-state index is 11.8. The predicted octanol–water partition coefficient (Wildman–Crippen LogP) is 1.65. The van der Waals surface area contributed by atoms with Crippen LogP contribution in [0.25, 0.3) is 11.2 Å². The number of nitrogens with zero attached hydrogens (tertiary/aromatic N) is 3. The second-order valence-corrected chi connectivity index (χ2v) is 5.38. The SMILES string of the molecule is COC(=O)C(C)n1c(SCC(=O)O)nc2ccc(C)nc21. The number of aliphatic carboxylic acids is 1. The summed E-state index contributed by atoms with van der Waals surface area (Å²) >= 11 is 1.05. The summed E-state index contributed by atoms with van der Waals surface area (Å²) in [7, 11) is 1.31. The number of hydrogen-bond acceptors (Lipinski definition) is 6. The highest BCUT2D eigenvalue weighted by molar-refractivity contribution is 7.99. The minimum absolute atomic E-state index is 0.143. The monoisotopic (exact) mass is 309 g/mol. The second-order valence-electron chi connectivity index (χ2n) is 4.44. The standard InChI is InChI=1S/C13H15N3O4S/c1-7-4-5-9-11(14-7)16(8(2)12(19)20-3)13(15-9)21-6-10(17)18/h4-5,8H,6H2,1-3H3,(H,17,18). The number of carboxylic acid groups (broad SMARTS) is 1. The van der Waals surface area contributed by atoms with Crippen molar-refractivity contribution >= 4 is 34.9 Å². The van der Waals surface area contributed by atoms with Crippen molar-refractivity contribution in [2.24, 2.45) is 0 Å². The second kappa shape index (κ2) is 6.13. The lowest BCUT2D eigenvalue weighted by atomic mass is 10.3. The molecule has 0 radical (unpaired) electrons. The fraction of sp³-hybridized carbons (Fsp3) is 0.385. The van der Waals surface area contributed by atoms with Crippen LogP contribution in [0.1, 0.15) is 18.7 Å². The van der Waals surface area contributed by atoms with E-state index in [0.29, 0.717) is 16.3 Å². The van der Waals surface area contributed by atoms with Gasteiger partial charge in [-0.1, -0.05) is 11.8 Å². The zero-order valence-corrected chi connectivity index (χ0v) is 12.7. The zero-order chi connectivity index (χ0) is 15.6. The van der Waals surface area contributed by atoms with Gasteiger partial charge in [0.05, 0.1) is 12.9 Å². The van der Waals surface area contributed by atoms with Crippen LogP contribution in [-0.4, -0.2) is 44.4 Å². The van der Waals surface area contributed by atoms with Gasteiger partial charge in [0.2, 0.25) is 0 Å². The number of aryl methyl sites for hydroxylation is 1. The first kappa shape index (κ1) is 15.3. The molecular formula is C13H15N3O4S. The number of carboxylic acids is 1. The molecule has 0 amide bonds. The third-order valence-electron chi connectivity index (χ3n) is 2.90. The first-order valence-electron chi connectivity index (χ1n) is 6.22. The molecule has 1 atom stereocenters. The minimum atomic E-state index is -0.950. The lowest BCUT2D eigenvalue weighted by Crippen LogP contribution is -2.19. The molecule has 2 rings (SSSR count). The Morgan fingerprint density at radius 3 is 2.76 bits per heavy atom. The van der Waals surface area contributed by atoms with Gasteiger partial charge < -0.3 is 9.84 Å². The van der Waals surface area contributed by atoms with E-state index in [2.05, 4.69) is 9.97 Å². The van der Waals surface area contributed by atoms with E-state index in [4.69, 9.17) is 9.84 Å². The van der Waals surface area contributed by atoms with Crippen molar-refractivity contribution in [2.75, 3.05) is 12.9 Å². The van der Waals surface area contributed by atoms with Crippen LogP contribution >= 0.6 is 11.8 Å². The average Bonchev–Trinajstić information content (AvgIpc) is 2.80. The third-order valence-corrected chi connectivity index (χ3v) is 3.84. The van der Waals surface area contributed by atoms with Crippen LogP contribution in [0.4, 0.5) is 0 Å². The van der Waals surface area contributed by atoms with Gasteiger partial charge >= 0.3 is 11.9 Å². The molecule has 1 unspecified atom stereocenters. The molecule has 0 spiro atoms. The summed E-state index contributed by atoms with van der Waals surface area (Å²) in [6, 6.07) is 2.97. The number of ether oxygens (including phenoxy) is 1. The molecule has 2 heterocycles. The highest BCUT2D eigenvalue weighted by Gasteiger charge is 2.23. The topological polar surface area (TPSA) is 94.3 Å². The van der Waals surface area contributed by atoms with Crippen molar-refractivity contribution in [3.63, 3.8) is 0 Å². The van der Waals surface area contributed by atoms with E-state index >= 15 is 0 Å². The number of pyridine rings is 1. The van der Waals surface area contributed by atoms with Gasteiger partial charge in [-0.3, -0.25) is 9.36 Å². The first-order valence-corrected chi connectivity index (χ1v) is 7.20. The Labute approximate surface area is 125 Å². The molecule has 0 aliphatic carbocycles. The van der Waals surface area contributed by atoms with E-state index in [9.17, 15) is 9.59 Å². The molecule has 1 N–H and O–H groups in total. The highest BCUT2D eigenvalue weighted by Crippen LogP contribution is 2.27. The molecule has 112 valence electrons. The summed E-state index contributed by atoms with van der Waals surface area (Å²) in [5, 5.41) is 9.25. The van der Waals surface area contributed by atoms with Crippen molar-refractivity contribution in [1.29, 1.82) is 0 Å². The molecule has 0 fully saturated rings. The molecule has 0 saturated heterocycles. The summed E-state index contributed by atoms with van der Waals surface area (Å²) in [6.45, 7) is 3.51. The Morgan fingerprint density at radius 1 is 1.43 bits per heavy atom. The molecule has 7 nitrogen and oxygen atoms in total. The molecule has 0 aliphatic rings. The van der Waals surface area contributed by atoms with Gasteiger partial charge in [0.1, 0.15) is 11.6 Å². The quantitative estimate of drug-likeness (QED) is 0.663. The lowest BCUT2D eigenvalue weighted by molar-refractivity contribution is -0.144. The van der Waals surface area contributed by atoms with E-state index < -0.39 is 18.0 Å². The smallest absolute Gasteiger partial charge is 0.328 e. The number of hydrogen-bond donors (Lipinski definition) is 1. The van der Waals surface area contributed by atoms with E-state index in [1.165, 1.54) is 7.11 Å². The molecule has 2 aromatic rings. The normalized spacial score (nSPS) is 12.3. The Hall–Kier alpha value is -2.09. The predicted molar refractivity (Wildman–Crippen MR) is 77.4 cm³/mol. The van der Waals surface area contributed by atoms with Crippen LogP contribution in [0.2, 0.25) is 0 Å². The number of esters is 1. The Kier molecular flexibility index (Phi) is 4.46. The zero-order valence-electron chi connectivity index (χ0n) is 11.9. The molecule has 0 aliphatic heterocycles. The number of carbonyl (C=O) groups excluding carboxylic acids is 1. The van der Waals surface area contributed by atoms with Gasteiger partial charge in [0.25, 0.3) is 0 Å². The molecule has 0 bridgehead atoms. The largest absolute Gasteiger partial charge is 0.481 e. The fourth-order valence-corrected chi connectivity index (χ4v) is 2.70. The van der Waals surface area contributed by atoms with Crippen LogP contribution < -0.4 is 0 Å². The van der Waals surface area contributed by atoms with Crippen LogP contribution in [-0.2, 0) is 14.3 Å². The molecule has 8 heteroatoms. The molecule has 21 heavy (non-hydrogen) atoms. The van der Waals surface area contributed by atoms with Crippen molar-refractivity contribution in [3.05, 3.63) is 17.8 Å². The van der Waals surface area contributed by atoms with Crippen LogP contribution in [0.3, 0.4) is 0 Å². The van der Waals surface area contributed by atoms with Crippen molar-refractivity contribution in [2.45, 2.75) is 25.0 Å². The van der Waals surface area contributed by atoms with Gasteiger partial charge in [0, 0.05) is 5.69 Å². The summed E-state index contributed by atoms with van der Waals surface area (Å²) in [5.41, 5.74) is 1.94. The van der Waals surface area contributed by atoms with E-state index in [1.54, 1.807) is 17.6 Å². The summed E-state index contributed by atoms with van der Waals surface area (Å²) < 4.78 is 6.37. The van der Waals surface area contributed by atoms with Gasteiger partial charge in [0.15, 0.2) is 10.8 Å². The van der Waals surface area contributed by atoms with Crippen molar-refractivity contribution < 1.29 is 19.4 Å². The fourth-order valence-electron chi connectivity index (χ4n) is 1.90. The molecule has 0 aromatic carbocycles. The Bertz CT molecular complexity index is 698. The Balaban J connectivity index is 2.55. The number of aromatic nitrogens is 3. The minimum Gasteiger partial charge on any atom is -0.481 e. The average molecular weight is 309 g/mol. The summed E-state index contributed by atoms with van der Waals surface area (Å²) in [4.78, 5) is 31.3. The number of rotatable bonds is 5. The molecule has 2 aromatic heterocycles. The van der Waals surface area contributed by atoms with Crippen LogP contribution in [0.5, 0.6) is 0 Å². The van der Waals surface area contributed by atoms with E-state index in [0.717, 1.165) is 17.5 Å². The highest BCUT2D eigenvalue weighted by atomic mass is 32.2. The van der Waals surface area contributed by atoms with Gasteiger partial charge in [-0.15, -0.1) is 0 Å². The van der Waals surface area contributed by atoms with E-state index in [1.807, 2.05) is 13.0 Å². The number of fused-ring (bicyclic) bond motifs is 1. The van der Waals surface area contributed by atoms with Gasteiger partial charge in [-0.05, 0) is 26.0 Å². The van der Waals surface area contributed by atoms with Gasteiger partial charge in [-0.25, -0.2) is 14.8 Å². The maximum atomic E-state index is 11.8. The van der Waals surface area contributed by atoms with Crippen LogP contribution in [0, 0.1) is 6.92 Å². The number of carbonyl (C=O) groups is 2. The Morgan fingerprint density at radius 2 is 2.14 bits per heavy atom. The van der Waals surface area contributed by atoms with E-state index in [-0.39, 0.29) is 5.75 Å². The number of imidazole rings is 1. The number of thioether (sulfide) groups is 1. The van der Waals surface area contributed by atoms with Crippen LogP contribution in [0.15, 0.2) is 17.3 Å².